The molecule has 0 aliphatic rings. The lowest BCUT2D eigenvalue weighted by Crippen LogP contribution is -2.30. The SMILES string of the molecule is CCn1ccnc(N(C)Cc2cccc(Cl)c2Cl)c1=O. The molecule has 4 nitrogen and oxygen atoms in total. The van der Waals surface area contributed by atoms with E-state index in [0.717, 1.165) is 5.56 Å². The van der Waals surface area contributed by atoms with E-state index in [9.17, 15) is 4.79 Å². The second-order valence-corrected chi connectivity index (χ2v) is 5.20. The van der Waals surface area contributed by atoms with E-state index in [-0.39, 0.29) is 5.56 Å². The molecular weight excluding hydrogens is 297 g/mol. The fourth-order valence-corrected chi connectivity index (χ4v) is 2.33. The van der Waals surface area contributed by atoms with Crippen LogP contribution in [-0.2, 0) is 13.1 Å². The van der Waals surface area contributed by atoms with Crippen LogP contribution in [0.4, 0.5) is 5.82 Å². The lowest BCUT2D eigenvalue weighted by Gasteiger charge is -2.19. The van der Waals surface area contributed by atoms with Crippen molar-refractivity contribution >= 4 is 29.0 Å². The highest BCUT2D eigenvalue weighted by Crippen LogP contribution is 2.26. The summed E-state index contributed by atoms with van der Waals surface area (Å²) >= 11 is 12.2. The average molecular weight is 312 g/mol. The van der Waals surface area contributed by atoms with Crippen molar-refractivity contribution in [2.45, 2.75) is 20.0 Å². The number of rotatable bonds is 4. The Morgan fingerprint density at radius 1 is 1.35 bits per heavy atom. The van der Waals surface area contributed by atoms with Crippen LogP contribution in [0.1, 0.15) is 12.5 Å². The smallest absolute Gasteiger partial charge is 0.293 e. The molecule has 0 unspecified atom stereocenters. The van der Waals surface area contributed by atoms with Crippen molar-refractivity contribution in [2.75, 3.05) is 11.9 Å². The highest BCUT2D eigenvalue weighted by molar-refractivity contribution is 6.42. The predicted octanol–water partition coefficient (Wildman–Crippen LogP) is 3.21. The van der Waals surface area contributed by atoms with Crippen molar-refractivity contribution < 1.29 is 0 Å². The zero-order valence-corrected chi connectivity index (χ0v) is 12.8. The third kappa shape index (κ3) is 2.97. The third-order valence-electron chi connectivity index (χ3n) is 3.04. The molecule has 1 aromatic heterocycles. The fourth-order valence-electron chi connectivity index (χ4n) is 1.95. The summed E-state index contributed by atoms with van der Waals surface area (Å²) in [6.07, 6.45) is 3.29. The largest absolute Gasteiger partial charge is 0.351 e. The number of benzene rings is 1. The maximum atomic E-state index is 12.2. The van der Waals surface area contributed by atoms with Crippen molar-refractivity contribution in [3.05, 3.63) is 56.6 Å². The lowest BCUT2D eigenvalue weighted by molar-refractivity contribution is 0.708. The molecule has 0 saturated carbocycles. The van der Waals surface area contributed by atoms with Crippen molar-refractivity contribution in [3.8, 4) is 0 Å². The highest BCUT2D eigenvalue weighted by Gasteiger charge is 2.12. The zero-order valence-electron chi connectivity index (χ0n) is 11.3. The van der Waals surface area contributed by atoms with Gasteiger partial charge in [0.25, 0.3) is 5.56 Å². The Labute approximate surface area is 127 Å². The van der Waals surface area contributed by atoms with Crippen LogP contribution in [0.15, 0.2) is 35.4 Å². The van der Waals surface area contributed by atoms with Gasteiger partial charge < -0.3 is 9.47 Å². The van der Waals surface area contributed by atoms with Crippen LogP contribution in [0, 0.1) is 0 Å². The molecule has 0 saturated heterocycles. The van der Waals surface area contributed by atoms with Gasteiger partial charge in [0.15, 0.2) is 5.82 Å². The van der Waals surface area contributed by atoms with Crippen LogP contribution in [-0.4, -0.2) is 16.6 Å². The monoisotopic (exact) mass is 311 g/mol. The zero-order chi connectivity index (χ0) is 14.7. The number of aryl methyl sites for hydroxylation is 1. The van der Waals surface area contributed by atoms with E-state index in [1.165, 1.54) is 0 Å². The highest BCUT2D eigenvalue weighted by atomic mass is 35.5. The third-order valence-corrected chi connectivity index (χ3v) is 3.89. The fraction of sp³-hybridized carbons (Fsp3) is 0.286. The number of aromatic nitrogens is 2. The molecule has 1 heterocycles. The van der Waals surface area contributed by atoms with E-state index in [1.807, 2.05) is 19.1 Å². The number of halogens is 2. The minimum absolute atomic E-state index is 0.115. The first kappa shape index (κ1) is 14.9. The standard InChI is InChI=1S/C14H15Cl2N3O/c1-3-19-8-7-17-13(14(19)20)18(2)9-10-5-4-6-11(15)12(10)16/h4-8H,3,9H2,1-2H3. The number of nitrogens with zero attached hydrogens (tertiary/aromatic N) is 3. The first-order valence-corrected chi connectivity index (χ1v) is 6.99. The molecule has 106 valence electrons. The van der Waals surface area contributed by atoms with Crippen LogP contribution in [0.3, 0.4) is 0 Å². The van der Waals surface area contributed by atoms with E-state index in [4.69, 9.17) is 23.2 Å². The lowest BCUT2D eigenvalue weighted by atomic mass is 10.2. The van der Waals surface area contributed by atoms with E-state index < -0.39 is 0 Å². The van der Waals surface area contributed by atoms with E-state index in [1.54, 1.807) is 35.0 Å². The summed E-state index contributed by atoms with van der Waals surface area (Å²) in [6.45, 7) is 2.99. The van der Waals surface area contributed by atoms with Gasteiger partial charge in [0, 0.05) is 32.5 Å². The maximum Gasteiger partial charge on any atom is 0.293 e. The van der Waals surface area contributed by atoms with Gasteiger partial charge in [-0.05, 0) is 18.6 Å². The summed E-state index contributed by atoms with van der Waals surface area (Å²) in [5.74, 6) is 0.394. The molecule has 0 N–H and O–H groups in total. The molecule has 0 fully saturated rings. The Morgan fingerprint density at radius 3 is 2.80 bits per heavy atom. The summed E-state index contributed by atoms with van der Waals surface area (Å²) in [4.78, 5) is 18.1. The molecule has 0 radical (unpaired) electrons. The van der Waals surface area contributed by atoms with Crippen LogP contribution in [0.25, 0.3) is 0 Å². The number of hydrogen-bond donors (Lipinski definition) is 0. The van der Waals surface area contributed by atoms with Gasteiger partial charge in [0.05, 0.1) is 10.0 Å². The molecule has 2 aromatic rings. The van der Waals surface area contributed by atoms with Gasteiger partial charge in [0.2, 0.25) is 0 Å². The van der Waals surface area contributed by atoms with Crippen LogP contribution < -0.4 is 10.5 Å². The molecule has 0 bridgehead atoms. The summed E-state index contributed by atoms with van der Waals surface area (Å²) in [6, 6.07) is 5.45. The first-order valence-electron chi connectivity index (χ1n) is 6.24. The van der Waals surface area contributed by atoms with Gasteiger partial charge in [-0.15, -0.1) is 0 Å². The molecule has 0 aliphatic heterocycles. The minimum Gasteiger partial charge on any atom is -0.351 e. The Hall–Kier alpha value is -1.52. The Kier molecular flexibility index (Phi) is 4.68. The molecule has 6 heteroatoms. The summed E-state index contributed by atoms with van der Waals surface area (Å²) in [5, 5.41) is 1.01. The van der Waals surface area contributed by atoms with Crippen molar-refractivity contribution in [1.82, 2.24) is 9.55 Å². The normalized spacial score (nSPS) is 10.6. The van der Waals surface area contributed by atoms with Crippen LogP contribution >= 0.6 is 23.2 Å². The molecule has 0 atom stereocenters. The van der Waals surface area contributed by atoms with Crippen LogP contribution in [0.2, 0.25) is 10.0 Å². The van der Waals surface area contributed by atoms with E-state index in [2.05, 4.69) is 4.98 Å². The van der Waals surface area contributed by atoms with Gasteiger partial charge in [0.1, 0.15) is 0 Å². The van der Waals surface area contributed by atoms with Gasteiger partial charge in [-0.2, -0.15) is 0 Å². The van der Waals surface area contributed by atoms with Gasteiger partial charge in [-0.3, -0.25) is 4.79 Å². The van der Waals surface area contributed by atoms with Crippen LogP contribution in [0.5, 0.6) is 0 Å². The van der Waals surface area contributed by atoms with Crippen molar-refractivity contribution in [2.24, 2.45) is 0 Å². The molecule has 20 heavy (non-hydrogen) atoms. The topological polar surface area (TPSA) is 38.1 Å². The Balaban J connectivity index is 2.31. The quantitative estimate of drug-likeness (QED) is 0.870. The minimum atomic E-state index is -0.115. The number of anilines is 1. The van der Waals surface area contributed by atoms with E-state index >= 15 is 0 Å². The summed E-state index contributed by atoms with van der Waals surface area (Å²) in [5.41, 5.74) is 0.741. The summed E-state index contributed by atoms with van der Waals surface area (Å²) < 4.78 is 1.61. The molecule has 1 aromatic carbocycles. The average Bonchev–Trinajstić information content (AvgIpc) is 2.44. The molecule has 2 rings (SSSR count). The maximum absolute atomic E-state index is 12.2. The molecule has 0 aliphatic carbocycles. The first-order chi connectivity index (χ1) is 9.54. The predicted molar refractivity (Wildman–Crippen MR) is 82.7 cm³/mol. The molecule has 0 amide bonds. The summed E-state index contributed by atoms with van der Waals surface area (Å²) in [7, 11) is 1.81. The van der Waals surface area contributed by atoms with Gasteiger partial charge in [-0.25, -0.2) is 4.98 Å². The number of hydrogen-bond acceptors (Lipinski definition) is 3. The Morgan fingerprint density at radius 2 is 2.10 bits per heavy atom. The second-order valence-electron chi connectivity index (χ2n) is 4.41. The van der Waals surface area contributed by atoms with Gasteiger partial charge >= 0.3 is 0 Å². The van der Waals surface area contributed by atoms with Crippen molar-refractivity contribution in [3.63, 3.8) is 0 Å². The van der Waals surface area contributed by atoms with E-state index in [0.29, 0.717) is 29.0 Å². The van der Waals surface area contributed by atoms with Gasteiger partial charge in [-0.1, -0.05) is 35.3 Å². The Bertz CT molecular complexity index is 670. The molecule has 0 spiro atoms. The second kappa shape index (κ2) is 6.29. The van der Waals surface area contributed by atoms with Crippen molar-refractivity contribution in [1.29, 1.82) is 0 Å². The molecular formula is C14H15Cl2N3O.